The van der Waals surface area contributed by atoms with Gasteiger partial charge in [-0.1, -0.05) is 12.1 Å². The predicted molar refractivity (Wildman–Crippen MR) is 111 cm³/mol. The fourth-order valence-corrected chi connectivity index (χ4v) is 4.00. The molecule has 0 radical (unpaired) electrons. The summed E-state index contributed by atoms with van der Waals surface area (Å²) in [5.74, 6) is -2.05. The van der Waals surface area contributed by atoms with Crippen molar-refractivity contribution in [1.29, 1.82) is 0 Å². The molecule has 33 heavy (non-hydrogen) atoms. The first-order valence-corrected chi connectivity index (χ1v) is 10.8. The van der Waals surface area contributed by atoms with E-state index in [9.17, 15) is 36.0 Å². The molecule has 0 aromatic heterocycles. The molecule has 0 aliphatic carbocycles. The van der Waals surface area contributed by atoms with Crippen LogP contribution in [-0.2, 0) is 30.5 Å². The minimum atomic E-state index is -4.90. The van der Waals surface area contributed by atoms with Gasteiger partial charge in [0, 0.05) is 11.3 Å². The zero-order chi connectivity index (χ0) is 24.8. The quantitative estimate of drug-likeness (QED) is 0.488. The van der Waals surface area contributed by atoms with Gasteiger partial charge >= 0.3 is 12.1 Å². The van der Waals surface area contributed by atoms with Gasteiger partial charge in [0.2, 0.25) is 15.9 Å². The highest BCUT2D eigenvalue weighted by molar-refractivity contribution is 7.89. The lowest BCUT2D eigenvalue weighted by molar-refractivity contribution is -0.140. The van der Waals surface area contributed by atoms with Crippen LogP contribution >= 0.6 is 0 Å². The Hall–Kier alpha value is -3.45. The molecular weight excluding hydrogens is 467 g/mol. The second-order valence-corrected chi connectivity index (χ2v) is 8.34. The Labute approximate surface area is 187 Å². The Bertz CT molecular complexity index is 1130. The summed E-state index contributed by atoms with van der Waals surface area (Å²) in [4.78, 5) is 34.3. The first kappa shape index (κ1) is 25.8. The summed E-state index contributed by atoms with van der Waals surface area (Å²) in [7, 11) is -3.50. The Balaban J connectivity index is 2.05. The first-order valence-electron chi connectivity index (χ1n) is 9.29. The van der Waals surface area contributed by atoms with E-state index in [1.54, 1.807) is 0 Å². The number of carbonyl (C=O) groups is 3. The summed E-state index contributed by atoms with van der Waals surface area (Å²) >= 11 is 0. The first-order chi connectivity index (χ1) is 15.3. The summed E-state index contributed by atoms with van der Waals surface area (Å²) in [6.07, 6.45) is -4.90. The smallest absolute Gasteiger partial charge is 0.417 e. The van der Waals surface area contributed by atoms with Crippen LogP contribution in [0.4, 0.5) is 18.9 Å². The molecule has 2 aromatic rings. The van der Waals surface area contributed by atoms with Crippen LogP contribution in [0.25, 0.3) is 0 Å². The van der Waals surface area contributed by atoms with E-state index in [1.807, 2.05) is 4.72 Å². The number of hydrogen-bond acceptors (Lipinski definition) is 6. The fraction of sp³-hybridized carbons (Fsp3) is 0.250. The topological polar surface area (TPSA) is 131 Å². The highest BCUT2D eigenvalue weighted by atomic mass is 32.2. The third-order valence-corrected chi connectivity index (χ3v) is 5.84. The molecule has 9 nitrogen and oxygen atoms in total. The summed E-state index contributed by atoms with van der Waals surface area (Å²) in [5.41, 5.74) is -0.980. The number of anilines is 1. The molecule has 0 saturated carbocycles. The maximum Gasteiger partial charge on any atom is 0.417 e. The largest absolute Gasteiger partial charge is 0.468 e. The van der Waals surface area contributed by atoms with Crippen LogP contribution in [-0.4, -0.2) is 45.9 Å². The Kier molecular flexibility index (Phi) is 8.17. The summed E-state index contributed by atoms with van der Waals surface area (Å²) in [6.45, 7) is 0.834. The average molecular weight is 487 g/mol. The molecule has 0 fully saturated rings. The van der Waals surface area contributed by atoms with Gasteiger partial charge in [0.05, 0.1) is 23.6 Å². The number of rotatable bonds is 8. The van der Waals surface area contributed by atoms with Gasteiger partial charge in [0.1, 0.15) is 6.54 Å². The highest BCUT2D eigenvalue weighted by Gasteiger charge is 2.37. The number of benzene rings is 2. The van der Waals surface area contributed by atoms with Crippen LogP contribution in [0.15, 0.2) is 53.4 Å². The number of methoxy groups -OCH3 is 1. The van der Waals surface area contributed by atoms with Gasteiger partial charge in [0.25, 0.3) is 5.91 Å². The van der Waals surface area contributed by atoms with E-state index in [0.29, 0.717) is 6.07 Å². The third kappa shape index (κ3) is 7.02. The zero-order valence-corrected chi connectivity index (χ0v) is 18.2. The lowest BCUT2D eigenvalue weighted by Crippen LogP contribution is -2.42. The van der Waals surface area contributed by atoms with E-state index in [-0.39, 0.29) is 17.8 Å². The van der Waals surface area contributed by atoms with E-state index < -0.39 is 50.5 Å². The maximum atomic E-state index is 13.1. The van der Waals surface area contributed by atoms with Crippen molar-refractivity contribution in [1.82, 2.24) is 10.0 Å². The number of nitrogens with one attached hydrogen (secondary N) is 3. The number of halogens is 3. The normalized spacial score (nSPS) is 12.5. The molecule has 0 heterocycles. The van der Waals surface area contributed by atoms with Crippen LogP contribution in [0.1, 0.15) is 22.8 Å². The minimum absolute atomic E-state index is 0.175. The average Bonchev–Trinajstić information content (AvgIpc) is 2.76. The lowest BCUT2D eigenvalue weighted by atomic mass is 10.2. The van der Waals surface area contributed by atoms with Crippen LogP contribution < -0.4 is 15.4 Å². The third-order valence-electron chi connectivity index (χ3n) is 4.24. The molecule has 0 aliphatic rings. The number of ether oxygens (including phenoxy) is 1. The van der Waals surface area contributed by atoms with E-state index in [4.69, 9.17) is 0 Å². The molecule has 13 heteroatoms. The van der Waals surface area contributed by atoms with Crippen molar-refractivity contribution in [3.05, 3.63) is 59.7 Å². The van der Waals surface area contributed by atoms with Gasteiger partial charge in [-0.15, -0.1) is 0 Å². The molecule has 1 unspecified atom stereocenters. The lowest BCUT2D eigenvalue weighted by Gasteiger charge is -2.17. The maximum absolute atomic E-state index is 13.1. The van der Waals surface area contributed by atoms with Crippen molar-refractivity contribution in [2.45, 2.75) is 24.0 Å². The highest BCUT2D eigenvalue weighted by Crippen LogP contribution is 2.33. The Morgan fingerprint density at radius 3 is 2.21 bits per heavy atom. The molecule has 1 atom stereocenters. The second-order valence-electron chi connectivity index (χ2n) is 6.66. The minimum Gasteiger partial charge on any atom is -0.468 e. The number of sulfonamides is 1. The van der Waals surface area contributed by atoms with Gasteiger partial charge in [-0.3, -0.25) is 14.4 Å². The van der Waals surface area contributed by atoms with Crippen LogP contribution in [0.2, 0.25) is 0 Å². The van der Waals surface area contributed by atoms with Crippen molar-refractivity contribution in [2.75, 3.05) is 19.0 Å². The standard InChI is InChI=1S/C20H20F3N3O6S/c1-12(26-33(30,31)16-6-4-3-5-15(16)20(21,22)23)18(28)25-14-9-7-13(8-10-14)19(29)24-11-17(27)32-2/h3-10,12,26H,11H2,1-2H3,(H,24,29)(H,25,28). The van der Waals surface area contributed by atoms with Crippen molar-refractivity contribution in [3.8, 4) is 0 Å². The monoisotopic (exact) mass is 487 g/mol. The van der Waals surface area contributed by atoms with E-state index in [1.165, 1.54) is 31.4 Å². The summed E-state index contributed by atoms with van der Waals surface area (Å²) < 4.78 is 70.6. The van der Waals surface area contributed by atoms with Crippen molar-refractivity contribution < 1.29 is 40.7 Å². The van der Waals surface area contributed by atoms with Gasteiger partial charge in [-0.2, -0.15) is 17.9 Å². The molecule has 0 spiro atoms. The summed E-state index contributed by atoms with van der Waals surface area (Å²) in [6, 6.07) is 7.58. The van der Waals surface area contributed by atoms with Crippen LogP contribution in [0.3, 0.4) is 0 Å². The van der Waals surface area contributed by atoms with Crippen molar-refractivity contribution in [3.63, 3.8) is 0 Å². The van der Waals surface area contributed by atoms with Gasteiger partial charge in [0.15, 0.2) is 0 Å². The van der Waals surface area contributed by atoms with Crippen molar-refractivity contribution in [2.24, 2.45) is 0 Å². The number of esters is 1. The van der Waals surface area contributed by atoms with Crippen molar-refractivity contribution >= 4 is 33.5 Å². The molecule has 0 aliphatic heterocycles. The Morgan fingerprint density at radius 1 is 1.03 bits per heavy atom. The van der Waals surface area contributed by atoms with Gasteiger partial charge in [-0.25, -0.2) is 8.42 Å². The summed E-state index contributed by atoms with van der Waals surface area (Å²) in [5, 5.41) is 4.72. The molecule has 0 saturated heterocycles. The second kappa shape index (κ2) is 10.4. The fourth-order valence-electron chi connectivity index (χ4n) is 2.57. The zero-order valence-electron chi connectivity index (χ0n) is 17.4. The Morgan fingerprint density at radius 2 is 1.64 bits per heavy atom. The molecule has 178 valence electrons. The molecule has 2 rings (SSSR count). The predicted octanol–water partition coefficient (Wildman–Crippen LogP) is 1.91. The molecular formula is C20H20F3N3O6S. The number of alkyl halides is 3. The van der Waals surface area contributed by atoms with E-state index in [2.05, 4.69) is 15.4 Å². The SMILES string of the molecule is COC(=O)CNC(=O)c1ccc(NC(=O)C(C)NS(=O)(=O)c2ccccc2C(F)(F)F)cc1. The van der Waals surface area contributed by atoms with Gasteiger partial charge < -0.3 is 15.4 Å². The molecule has 2 aromatic carbocycles. The number of hydrogen-bond donors (Lipinski definition) is 3. The van der Waals surface area contributed by atoms with Crippen LogP contribution in [0, 0.1) is 0 Å². The van der Waals surface area contributed by atoms with E-state index in [0.717, 1.165) is 25.1 Å². The molecule has 3 N–H and O–H groups in total. The number of carbonyl (C=O) groups excluding carboxylic acids is 3. The van der Waals surface area contributed by atoms with Crippen LogP contribution in [0.5, 0.6) is 0 Å². The number of amides is 2. The molecule has 2 amide bonds. The van der Waals surface area contributed by atoms with E-state index >= 15 is 0 Å². The van der Waals surface area contributed by atoms with Gasteiger partial charge in [-0.05, 0) is 43.3 Å². The molecule has 0 bridgehead atoms.